The summed E-state index contributed by atoms with van der Waals surface area (Å²) in [6.07, 6.45) is 3.97. The Morgan fingerprint density at radius 1 is 1.19 bits per heavy atom. The normalized spacial score (nSPS) is 10.8. The van der Waals surface area contributed by atoms with E-state index in [1.807, 2.05) is 19.1 Å². The number of rotatable bonds is 5. The lowest BCUT2D eigenvalue weighted by atomic mass is 10.2. The monoisotopic (exact) mass is 281 g/mol. The van der Waals surface area contributed by atoms with Crippen LogP contribution >= 0.6 is 0 Å². The maximum absolute atomic E-state index is 5.34. The number of anilines is 1. The SMILES string of the molecule is CCOc1ccc(NCc2cn(C)c3ccccc23)cn1. The van der Waals surface area contributed by atoms with Crippen LogP contribution in [0.4, 0.5) is 5.69 Å². The van der Waals surface area contributed by atoms with Crippen molar-refractivity contribution in [2.45, 2.75) is 13.5 Å². The van der Waals surface area contributed by atoms with E-state index in [0.717, 1.165) is 12.2 Å². The van der Waals surface area contributed by atoms with Gasteiger partial charge in [-0.15, -0.1) is 0 Å². The van der Waals surface area contributed by atoms with Crippen molar-refractivity contribution in [1.29, 1.82) is 0 Å². The van der Waals surface area contributed by atoms with Crippen molar-refractivity contribution in [3.8, 4) is 5.88 Å². The molecule has 3 rings (SSSR count). The van der Waals surface area contributed by atoms with Crippen molar-refractivity contribution >= 4 is 16.6 Å². The number of fused-ring (bicyclic) bond motifs is 1. The van der Waals surface area contributed by atoms with E-state index < -0.39 is 0 Å². The third-order valence-electron chi connectivity index (χ3n) is 3.49. The molecule has 0 aliphatic rings. The lowest BCUT2D eigenvalue weighted by molar-refractivity contribution is 0.327. The Labute approximate surface area is 124 Å². The van der Waals surface area contributed by atoms with Gasteiger partial charge in [0.15, 0.2) is 0 Å². The first kappa shape index (κ1) is 13.5. The van der Waals surface area contributed by atoms with Gasteiger partial charge in [0.2, 0.25) is 5.88 Å². The molecule has 0 aliphatic heterocycles. The maximum atomic E-state index is 5.34. The third-order valence-corrected chi connectivity index (χ3v) is 3.49. The van der Waals surface area contributed by atoms with Gasteiger partial charge in [0.1, 0.15) is 0 Å². The van der Waals surface area contributed by atoms with Crippen LogP contribution < -0.4 is 10.1 Å². The first-order valence-corrected chi connectivity index (χ1v) is 7.13. The molecule has 0 radical (unpaired) electrons. The molecule has 2 aromatic heterocycles. The molecule has 0 fully saturated rings. The maximum Gasteiger partial charge on any atom is 0.213 e. The zero-order chi connectivity index (χ0) is 14.7. The van der Waals surface area contributed by atoms with Crippen molar-refractivity contribution < 1.29 is 4.74 Å². The standard InChI is InChI=1S/C17H19N3O/c1-3-21-17-9-8-14(11-19-17)18-10-13-12-20(2)16-7-5-4-6-15(13)16/h4-9,11-12,18H,3,10H2,1-2H3. The van der Waals surface area contributed by atoms with Crippen LogP contribution in [-0.4, -0.2) is 16.2 Å². The van der Waals surface area contributed by atoms with Crippen molar-refractivity contribution in [3.05, 3.63) is 54.4 Å². The summed E-state index contributed by atoms with van der Waals surface area (Å²) in [4.78, 5) is 4.26. The number of ether oxygens (including phenoxy) is 1. The van der Waals surface area contributed by atoms with Gasteiger partial charge in [-0.05, 0) is 24.6 Å². The van der Waals surface area contributed by atoms with Gasteiger partial charge >= 0.3 is 0 Å². The molecule has 0 saturated heterocycles. The second-order valence-electron chi connectivity index (χ2n) is 4.95. The predicted molar refractivity (Wildman–Crippen MR) is 85.7 cm³/mol. The molecule has 1 aromatic carbocycles. The fourth-order valence-corrected chi connectivity index (χ4v) is 2.48. The van der Waals surface area contributed by atoms with Gasteiger partial charge in [0, 0.05) is 36.8 Å². The molecule has 0 aliphatic carbocycles. The molecule has 3 aromatic rings. The third kappa shape index (κ3) is 2.84. The van der Waals surface area contributed by atoms with E-state index in [-0.39, 0.29) is 0 Å². The van der Waals surface area contributed by atoms with Gasteiger partial charge in [0.05, 0.1) is 18.5 Å². The minimum atomic E-state index is 0.635. The fourth-order valence-electron chi connectivity index (χ4n) is 2.48. The predicted octanol–water partition coefficient (Wildman–Crippen LogP) is 3.58. The molecule has 2 heterocycles. The Hall–Kier alpha value is -2.49. The number of aryl methyl sites for hydroxylation is 1. The van der Waals surface area contributed by atoms with Gasteiger partial charge in [0.25, 0.3) is 0 Å². The van der Waals surface area contributed by atoms with E-state index in [4.69, 9.17) is 4.74 Å². The molecule has 0 saturated carbocycles. The number of aromatic nitrogens is 2. The lowest BCUT2D eigenvalue weighted by Crippen LogP contribution is -2.00. The summed E-state index contributed by atoms with van der Waals surface area (Å²) in [5, 5.41) is 4.69. The smallest absolute Gasteiger partial charge is 0.213 e. The molecule has 21 heavy (non-hydrogen) atoms. The molecule has 4 nitrogen and oxygen atoms in total. The average molecular weight is 281 g/mol. The Bertz CT molecular complexity index is 731. The van der Waals surface area contributed by atoms with Gasteiger partial charge < -0.3 is 14.6 Å². The summed E-state index contributed by atoms with van der Waals surface area (Å²) >= 11 is 0. The molecule has 1 N–H and O–H groups in total. The van der Waals surface area contributed by atoms with Crippen LogP contribution in [-0.2, 0) is 13.6 Å². The van der Waals surface area contributed by atoms with Crippen LogP contribution in [0, 0.1) is 0 Å². The molecule has 108 valence electrons. The molecule has 0 bridgehead atoms. The van der Waals surface area contributed by atoms with Gasteiger partial charge in [-0.2, -0.15) is 0 Å². The van der Waals surface area contributed by atoms with E-state index in [9.17, 15) is 0 Å². The first-order valence-electron chi connectivity index (χ1n) is 7.13. The van der Waals surface area contributed by atoms with Crippen LogP contribution in [0.15, 0.2) is 48.8 Å². The highest BCUT2D eigenvalue weighted by Gasteiger charge is 2.05. The molecule has 0 amide bonds. The number of nitrogens with zero attached hydrogens (tertiary/aromatic N) is 2. The summed E-state index contributed by atoms with van der Waals surface area (Å²) in [5.74, 6) is 0.660. The quantitative estimate of drug-likeness (QED) is 0.777. The fraction of sp³-hybridized carbons (Fsp3) is 0.235. The summed E-state index contributed by atoms with van der Waals surface area (Å²) < 4.78 is 7.50. The second-order valence-corrected chi connectivity index (χ2v) is 4.95. The van der Waals surface area contributed by atoms with Crippen LogP contribution in [0.1, 0.15) is 12.5 Å². The minimum Gasteiger partial charge on any atom is -0.478 e. The summed E-state index contributed by atoms with van der Waals surface area (Å²) in [6.45, 7) is 3.36. The minimum absolute atomic E-state index is 0.635. The molecule has 0 unspecified atom stereocenters. The van der Waals surface area contributed by atoms with Gasteiger partial charge in [-0.25, -0.2) is 4.98 Å². The number of benzene rings is 1. The summed E-state index contributed by atoms with van der Waals surface area (Å²) in [6, 6.07) is 12.3. The van der Waals surface area contributed by atoms with Crippen molar-refractivity contribution in [2.24, 2.45) is 7.05 Å². The highest BCUT2D eigenvalue weighted by Crippen LogP contribution is 2.21. The highest BCUT2D eigenvalue weighted by molar-refractivity contribution is 5.84. The summed E-state index contributed by atoms with van der Waals surface area (Å²) in [5.41, 5.74) is 3.52. The van der Waals surface area contributed by atoms with E-state index in [1.54, 1.807) is 6.20 Å². The molecule has 4 heteroatoms. The Morgan fingerprint density at radius 2 is 2.05 bits per heavy atom. The second kappa shape index (κ2) is 5.87. The average Bonchev–Trinajstić information content (AvgIpc) is 2.84. The number of pyridine rings is 1. The zero-order valence-corrected chi connectivity index (χ0v) is 12.3. The Balaban J connectivity index is 1.74. The van der Waals surface area contributed by atoms with Crippen molar-refractivity contribution in [3.63, 3.8) is 0 Å². The largest absolute Gasteiger partial charge is 0.478 e. The van der Waals surface area contributed by atoms with Gasteiger partial charge in [-0.3, -0.25) is 0 Å². The Kier molecular flexibility index (Phi) is 3.77. The molecular weight excluding hydrogens is 262 g/mol. The lowest BCUT2D eigenvalue weighted by Gasteiger charge is -2.06. The summed E-state index contributed by atoms with van der Waals surface area (Å²) in [7, 11) is 2.07. The van der Waals surface area contributed by atoms with Crippen LogP contribution in [0.3, 0.4) is 0 Å². The highest BCUT2D eigenvalue weighted by atomic mass is 16.5. The Morgan fingerprint density at radius 3 is 2.81 bits per heavy atom. The number of para-hydroxylation sites is 1. The topological polar surface area (TPSA) is 39.1 Å². The van der Waals surface area contributed by atoms with Crippen LogP contribution in [0.25, 0.3) is 10.9 Å². The van der Waals surface area contributed by atoms with Crippen molar-refractivity contribution in [1.82, 2.24) is 9.55 Å². The van der Waals surface area contributed by atoms with Crippen LogP contribution in [0.5, 0.6) is 5.88 Å². The van der Waals surface area contributed by atoms with E-state index in [0.29, 0.717) is 12.5 Å². The zero-order valence-electron chi connectivity index (χ0n) is 12.3. The van der Waals surface area contributed by atoms with Crippen LogP contribution in [0.2, 0.25) is 0 Å². The van der Waals surface area contributed by atoms with Gasteiger partial charge in [-0.1, -0.05) is 18.2 Å². The van der Waals surface area contributed by atoms with E-state index >= 15 is 0 Å². The molecule has 0 atom stereocenters. The number of hydrogen-bond donors (Lipinski definition) is 1. The number of hydrogen-bond acceptors (Lipinski definition) is 3. The first-order chi connectivity index (χ1) is 10.3. The van der Waals surface area contributed by atoms with Crippen molar-refractivity contribution in [2.75, 3.05) is 11.9 Å². The van der Waals surface area contributed by atoms with E-state index in [2.05, 4.69) is 52.4 Å². The molecule has 0 spiro atoms. The molecular formula is C17H19N3O. The van der Waals surface area contributed by atoms with E-state index in [1.165, 1.54) is 16.5 Å². The number of nitrogens with one attached hydrogen (secondary N) is 1.